The minimum atomic E-state index is -3.64. The number of benzene rings is 1. The van der Waals surface area contributed by atoms with Gasteiger partial charge in [-0.1, -0.05) is 12.1 Å². The molecule has 2 rings (SSSR count). The first-order chi connectivity index (χ1) is 10.00. The van der Waals surface area contributed by atoms with E-state index in [9.17, 15) is 8.42 Å². The number of aromatic nitrogens is 1. The average molecular weight is 328 g/mol. The van der Waals surface area contributed by atoms with Crippen molar-refractivity contribution in [1.82, 2.24) is 9.71 Å². The van der Waals surface area contributed by atoms with Crippen LogP contribution in [0.2, 0.25) is 0 Å². The number of thiazole rings is 1. The van der Waals surface area contributed by atoms with Gasteiger partial charge < -0.3 is 10.5 Å². The number of ether oxygens (including phenoxy) is 1. The topological polar surface area (TPSA) is 106 Å². The highest BCUT2D eigenvalue weighted by molar-refractivity contribution is 7.91. The summed E-state index contributed by atoms with van der Waals surface area (Å²) < 4.78 is 33.0. The Balaban J connectivity index is 2.06. The number of methoxy groups -OCH3 is 1. The maximum Gasteiger partial charge on any atom is 0.300 e. The summed E-state index contributed by atoms with van der Waals surface area (Å²) in [5.41, 5.74) is 7.85. The highest BCUT2D eigenvalue weighted by Crippen LogP contribution is 2.26. The molecule has 0 fully saturated rings. The van der Waals surface area contributed by atoms with E-state index in [0.29, 0.717) is 18.0 Å². The molecule has 4 N–H and O–H groups in total. The van der Waals surface area contributed by atoms with Crippen molar-refractivity contribution in [3.05, 3.63) is 29.6 Å². The molecule has 1 heterocycles. The molecule has 114 valence electrons. The molecule has 0 aliphatic heterocycles. The molecule has 1 aromatic carbocycles. The summed E-state index contributed by atoms with van der Waals surface area (Å²) in [4.78, 5) is 4.24. The fourth-order valence-corrected chi connectivity index (χ4v) is 3.36. The van der Waals surface area contributed by atoms with Crippen LogP contribution in [0.4, 0.5) is 10.8 Å². The molecule has 0 saturated carbocycles. The molecular formula is C12H16N4O3S2. The molecule has 9 heteroatoms. The molecule has 0 aliphatic rings. The van der Waals surface area contributed by atoms with Gasteiger partial charge in [-0.05, 0) is 12.1 Å². The average Bonchev–Trinajstić information content (AvgIpc) is 2.86. The molecular weight excluding hydrogens is 312 g/mol. The van der Waals surface area contributed by atoms with Gasteiger partial charge in [0.2, 0.25) is 0 Å². The lowest BCUT2D eigenvalue weighted by molar-refractivity contribution is 0.204. The maximum absolute atomic E-state index is 11.7. The standard InChI is InChI=1S/C12H16N4O3S2/c1-19-6-5-14-21(17,18)16-12-15-11(8-20-12)9-3-2-4-10(13)7-9/h2-4,7-8,14H,5-6,13H2,1H3,(H,15,16). The smallest absolute Gasteiger partial charge is 0.300 e. The van der Waals surface area contributed by atoms with Gasteiger partial charge in [0.1, 0.15) is 0 Å². The van der Waals surface area contributed by atoms with E-state index in [1.54, 1.807) is 17.5 Å². The maximum atomic E-state index is 11.7. The zero-order valence-corrected chi connectivity index (χ0v) is 13.0. The van der Waals surface area contributed by atoms with E-state index in [-0.39, 0.29) is 11.7 Å². The first-order valence-electron chi connectivity index (χ1n) is 6.08. The van der Waals surface area contributed by atoms with Crippen LogP contribution in [0.25, 0.3) is 11.3 Å². The Morgan fingerprint density at radius 1 is 1.43 bits per heavy atom. The van der Waals surface area contributed by atoms with Crippen molar-refractivity contribution >= 4 is 32.4 Å². The van der Waals surface area contributed by atoms with Gasteiger partial charge in [0.25, 0.3) is 0 Å². The van der Waals surface area contributed by atoms with E-state index in [1.807, 2.05) is 12.1 Å². The number of nitrogens with two attached hydrogens (primary N) is 1. The largest absolute Gasteiger partial charge is 0.399 e. The van der Waals surface area contributed by atoms with Gasteiger partial charge in [-0.25, -0.2) is 9.71 Å². The molecule has 0 saturated heterocycles. The van der Waals surface area contributed by atoms with Gasteiger partial charge >= 0.3 is 10.2 Å². The zero-order valence-electron chi connectivity index (χ0n) is 11.4. The van der Waals surface area contributed by atoms with Crippen molar-refractivity contribution in [2.75, 3.05) is 30.7 Å². The normalized spacial score (nSPS) is 11.5. The predicted molar refractivity (Wildman–Crippen MR) is 84.4 cm³/mol. The minimum Gasteiger partial charge on any atom is -0.399 e. The van der Waals surface area contributed by atoms with Gasteiger partial charge in [0, 0.05) is 30.3 Å². The molecule has 1 aromatic heterocycles. The summed E-state index contributed by atoms with van der Waals surface area (Å²) in [7, 11) is -2.14. The third-order valence-electron chi connectivity index (χ3n) is 2.51. The third-order valence-corrected chi connectivity index (χ3v) is 4.44. The number of nitrogens with one attached hydrogen (secondary N) is 2. The van der Waals surface area contributed by atoms with Crippen LogP contribution in [-0.4, -0.2) is 33.7 Å². The summed E-state index contributed by atoms with van der Waals surface area (Å²) in [6.45, 7) is 0.493. The zero-order chi connectivity index (χ0) is 15.3. The van der Waals surface area contributed by atoms with Crippen molar-refractivity contribution in [2.24, 2.45) is 0 Å². The number of anilines is 2. The van der Waals surface area contributed by atoms with Crippen LogP contribution < -0.4 is 15.2 Å². The Bertz CT molecular complexity index is 700. The van der Waals surface area contributed by atoms with E-state index in [0.717, 1.165) is 5.56 Å². The van der Waals surface area contributed by atoms with E-state index >= 15 is 0 Å². The van der Waals surface area contributed by atoms with Gasteiger partial charge in [-0.3, -0.25) is 0 Å². The summed E-state index contributed by atoms with van der Waals surface area (Å²) >= 11 is 1.20. The third kappa shape index (κ3) is 4.67. The van der Waals surface area contributed by atoms with Gasteiger partial charge in [0.15, 0.2) is 5.13 Å². The second-order valence-corrected chi connectivity index (χ2v) is 6.51. The van der Waals surface area contributed by atoms with E-state index in [1.165, 1.54) is 18.4 Å². The van der Waals surface area contributed by atoms with Crippen molar-refractivity contribution in [3.63, 3.8) is 0 Å². The fourth-order valence-electron chi connectivity index (χ4n) is 1.58. The second-order valence-electron chi connectivity index (χ2n) is 4.16. The molecule has 0 aliphatic carbocycles. The molecule has 21 heavy (non-hydrogen) atoms. The van der Waals surface area contributed by atoms with Crippen LogP contribution in [0.3, 0.4) is 0 Å². The lowest BCUT2D eigenvalue weighted by atomic mass is 10.1. The number of rotatable bonds is 7. The van der Waals surface area contributed by atoms with Crippen LogP contribution in [0.15, 0.2) is 29.6 Å². The molecule has 2 aromatic rings. The van der Waals surface area contributed by atoms with Crippen molar-refractivity contribution in [3.8, 4) is 11.3 Å². The van der Waals surface area contributed by atoms with Crippen molar-refractivity contribution < 1.29 is 13.2 Å². The highest BCUT2D eigenvalue weighted by atomic mass is 32.2. The summed E-state index contributed by atoms with van der Waals surface area (Å²) in [5, 5.41) is 2.05. The number of nitrogen functional groups attached to an aromatic ring is 1. The van der Waals surface area contributed by atoms with Crippen LogP contribution in [0, 0.1) is 0 Å². The minimum absolute atomic E-state index is 0.194. The molecule has 0 spiro atoms. The Hall–Kier alpha value is -1.68. The summed E-state index contributed by atoms with van der Waals surface area (Å²) in [5.74, 6) is 0. The van der Waals surface area contributed by atoms with Crippen LogP contribution in [-0.2, 0) is 14.9 Å². The number of hydrogen-bond donors (Lipinski definition) is 3. The molecule has 7 nitrogen and oxygen atoms in total. The van der Waals surface area contributed by atoms with E-state index in [2.05, 4.69) is 14.4 Å². The molecule has 0 atom stereocenters. The van der Waals surface area contributed by atoms with Gasteiger partial charge in [0.05, 0.1) is 12.3 Å². The van der Waals surface area contributed by atoms with Gasteiger partial charge in [-0.15, -0.1) is 11.3 Å². The SMILES string of the molecule is COCCNS(=O)(=O)Nc1nc(-c2cccc(N)c2)cs1. The lowest BCUT2D eigenvalue weighted by Gasteiger charge is -2.06. The van der Waals surface area contributed by atoms with E-state index in [4.69, 9.17) is 10.5 Å². The monoisotopic (exact) mass is 328 g/mol. The predicted octanol–water partition coefficient (Wildman–Crippen LogP) is 1.28. The first kappa shape index (κ1) is 15.7. The Labute approximate surface area is 127 Å². The molecule has 0 unspecified atom stereocenters. The second kappa shape index (κ2) is 6.85. The molecule has 0 radical (unpaired) electrons. The van der Waals surface area contributed by atoms with Crippen molar-refractivity contribution in [1.29, 1.82) is 0 Å². The fraction of sp³-hybridized carbons (Fsp3) is 0.250. The van der Waals surface area contributed by atoms with Crippen LogP contribution in [0.5, 0.6) is 0 Å². The Morgan fingerprint density at radius 3 is 2.95 bits per heavy atom. The molecule has 0 amide bonds. The lowest BCUT2D eigenvalue weighted by Crippen LogP contribution is -2.32. The van der Waals surface area contributed by atoms with Gasteiger partial charge in [-0.2, -0.15) is 13.1 Å². The first-order valence-corrected chi connectivity index (χ1v) is 8.44. The van der Waals surface area contributed by atoms with Crippen LogP contribution >= 0.6 is 11.3 Å². The quantitative estimate of drug-likeness (QED) is 0.524. The van der Waals surface area contributed by atoms with Crippen molar-refractivity contribution in [2.45, 2.75) is 0 Å². The Morgan fingerprint density at radius 2 is 2.24 bits per heavy atom. The number of nitrogens with zero attached hydrogens (tertiary/aromatic N) is 1. The van der Waals surface area contributed by atoms with Crippen LogP contribution in [0.1, 0.15) is 0 Å². The highest BCUT2D eigenvalue weighted by Gasteiger charge is 2.12. The Kier molecular flexibility index (Phi) is 5.12. The summed E-state index contributed by atoms with van der Waals surface area (Å²) in [6, 6.07) is 7.24. The van der Waals surface area contributed by atoms with E-state index < -0.39 is 10.2 Å². The summed E-state index contributed by atoms with van der Waals surface area (Å²) in [6.07, 6.45) is 0. The number of hydrogen-bond acceptors (Lipinski definition) is 6. The molecule has 0 bridgehead atoms.